The van der Waals surface area contributed by atoms with E-state index in [2.05, 4.69) is 4.98 Å². The van der Waals surface area contributed by atoms with E-state index in [9.17, 15) is 18.0 Å². The molecule has 0 unspecified atom stereocenters. The summed E-state index contributed by atoms with van der Waals surface area (Å²) in [6.45, 7) is 1.88. The van der Waals surface area contributed by atoms with Gasteiger partial charge in [-0.1, -0.05) is 23.7 Å². The maximum absolute atomic E-state index is 12.7. The molecule has 26 heavy (non-hydrogen) atoms. The predicted molar refractivity (Wildman–Crippen MR) is 92.7 cm³/mol. The zero-order valence-electron chi connectivity index (χ0n) is 13.4. The normalized spacial score (nSPS) is 12.0. The quantitative estimate of drug-likeness (QED) is 0.681. The van der Waals surface area contributed by atoms with Gasteiger partial charge in [0.1, 0.15) is 17.2 Å². The van der Waals surface area contributed by atoms with E-state index in [-0.39, 0.29) is 5.69 Å². The van der Waals surface area contributed by atoms with Gasteiger partial charge in [0, 0.05) is 10.6 Å². The Labute approximate surface area is 151 Å². The molecule has 0 radical (unpaired) electrons. The standard InChI is InChI=1S/C18H12ClF3N2O2/c1-10-2-3-11(8-14(10)19)15-7-6-13(26-15)5-4-12-9-16(18(20,21)22)24-17(25)23-12/h2-9H,1H3,(H,23,24,25). The van der Waals surface area contributed by atoms with E-state index < -0.39 is 17.6 Å². The van der Waals surface area contributed by atoms with E-state index in [0.717, 1.165) is 17.2 Å². The number of aryl methyl sites for hydroxylation is 1. The average Bonchev–Trinajstić information content (AvgIpc) is 3.03. The summed E-state index contributed by atoms with van der Waals surface area (Å²) in [5, 5.41) is 0.600. The maximum atomic E-state index is 12.7. The molecular formula is C18H12ClF3N2O2. The highest BCUT2D eigenvalue weighted by Crippen LogP contribution is 2.28. The monoisotopic (exact) mass is 380 g/mol. The number of hydrogen-bond acceptors (Lipinski definition) is 3. The number of rotatable bonds is 3. The summed E-state index contributed by atoms with van der Waals surface area (Å²) in [4.78, 5) is 16.4. The van der Waals surface area contributed by atoms with Crippen LogP contribution >= 0.6 is 11.6 Å². The molecule has 134 valence electrons. The molecule has 2 heterocycles. The molecule has 0 spiro atoms. The van der Waals surface area contributed by atoms with Crippen LogP contribution in [0.25, 0.3) is 23.5 Å². The first-order chi connectivity index (χ1) is 12.2. The zero-order chi connectivity index (χ0) is 18.9. The molecule has 3 aromatic rings. The van der Waals surface area contributed by atoms with Crippen LogP contribution in [-0.4, -0.2) is 9.97 Å². The van der Waals surface area contributed by atoms with Gasteiger partial charge in [-0.3, -0.25) is 0 Å². The first-order valence-corrected chi connectivity index (χ1v) is 7.83. The summed E-state index contributed by atoms with van der Waals surface area (Å²) in [6, 6.07) is 9.58. The molecular weight excluding hydrogens is 369 g/mol. The lowest BCUT2D eigenvalue weighted by atomic mass is 10.1. The number of halogens is 4. The average molecular weight is 381 g/mol. The number of aromatic nitrogens is 2. The van der Waals surface area contributed by atoms with Gasteiger partial charge in [0.2, 0.25) is 0 Å². The topological polar surface area (TPSA) is 58.9 Å². The molecule has 3 rings (SSSR count). The van der Waals surface area contributed by atoms with Gasteiger partial charge in [0.25, 0.3) is 0 Å². The number of alkyl halides is 3. The Hall–Kier alpha value is -2.80. The van der Waals surface area contributed by atoms with Crippen molar-refractivity contribution in [3.63, 3.8) is 0 Å². The van der Waals surface area contributed by atoms with Crippen molar-refractivity contribution < 1.29 is 17.6 Å². The van der Waals surface area contributed by atoms with Crippen molar-refractivity contribution in [2.24, 2.45) is 0 Å². The Morgan fingerprint density at radius 2 is 1.92 bits per heavy atom. The first kappa shape index (κ1) is 18.0. The number of nitrogens with zero attached hydrogens (tertiary/aromatic N) is 1. The van der Waals surface area contributed by atoms with Gasteiger partial charge >= 0.3 is 11.9 Å². The van der Waals surface area contributed by atoms with Gasteiger partial charge in [0.15, 0.2) is 0 Å². The molecule has 1 N–H and O–H groups in total. The van der Waals surface area contributed by atoms with Crippen LogP contribution < -0.4 is 5.69 Å². The van der Waals surface area contributed by atoms with Crippen LogP contribution in [0.1, 0.15) is 22.7 Å². The number of H-pyrrole nitrogens is 1. The van der Waals surface area contributed by atoms with Crippen LogP contribution in [0, 0.1) is 6.92 Å². The molecule has 0 amide bonds. The molecule has 0 bridgehead atoms. The van der Waals surface area contributed by atoms with Crippen LogP contribution in [0.4, 0.5) is 13.2 Å². The fourth-order valence-corrected chi connectivity index (χ4v) is 2.41. The lowest BCUT2D eigenvalue weighted by molar-refractivity contribution is -0.141. The Bertz CT molecular complexity index is 1040. The van der Waals surface area contributed by atoms with E-state index in [0.29, 0.717) is 16.5 Å². The van der Waals surface area contributed by atoms with E-state index in [1.165, 1.54) is 12.2 Å². The second kappa shape index (κ2) is 6.84. The highest BCUT2D eigenvalue weighted by molar-refractivity contribution is 6.31. The van der Waals surface area contributed by atoms with Gasteiger partial charge in [-0.05, 0) is 48.9 Å². The smallest absolute Gasteiger partial charge is 0.431 e. The molecule has 0 aliphatic rings. The van der Waals surface area contributed by atoms with Gasteiger partial charge in [-0.2, -0.15) is 18.2 Å². The highest BCUT2D eigenvalue weighted by atomic mass is 35.5. The van der Waals surface area contributed by atoms with E-state index in [1.54, 1.807) is 23.2 Å². The Morgan fingerprint density at radius 1 is 1.15 bits per heavy atom. The second-order valence-corrected chi connectivity index (χ2v) is 5.93. The predicted octanol–water partition coefficient (Wildman–Crippen LogP) is 5.18. The zero-order valence-corrected chi connectivity index (χ0v) is 14.2. The third-order valence-corrected chi connectivity index (χ3v) is 3.98. The molecule has 0 aliphatic carbocycles. The van der Waals surface area contributed by atoms with Crippen molar-refractivity contribution in [3.05, 3.63) is 74.6 Å². The minimum absolute atomic E-state index is 0.127. The van der Waals surface area contributed by atoms with Crippen LogP contribution in [0.5, 0.6) is 0 Å². The Balaban J connectivity index is 1.86. The minimum Gasteiger partial charge on any atom is -0.457 e. The molecule has 0 saturated carbocycles. The summed E-state index contributed by atoms with van der Waals surface area (Å²) < 4.78 is 43.8. The molecule has 0 aliphatic heterocycles. The molecule has 0 saturated heterocycles. The fourth-order valence-electron chi connectivity index (χ4n) is 2.23. The Morgan fingerprint density at radius 3 is 2.62 bits per heavy atom. The minimum atomic E-state index is -4.66. The lowest BCUT2D eigenvalue weighted by Crippen LogP contribution is -2.19. The first-order valence-electron chi connectivity index (χ1n) is 7.45. The van der Waals surface area contributed by atoms with Gasteiger partial charge in [-0.15, -0.1) is 0 Å². The third-order valence-electron chi connectivity index (χ3n) is 3.57. The number of aromatic amines is 1. The highest BCUT2D eigenvalue weighted by Gasteiger charge is 2.32. The van der Waals surface area contributed by atoms with Crippen molar-refractivity contribution in [2.75, 3.05) is 0 Å². The number of hydrogen-bond donors (Lipinski definition) is 1. The van der Waals surface area contributed by atoms with Crippen molar-refractivity contribution in [3.8, 4) is 11.3 Å². The number of furan rings is 1. The number of nitrogens with one attached hydrogen (secondary N) is 1. The molecule has 2 aromatic heterocycles. The molecule has 8 heteroatoms. The van der Waals surface area contributed by atoms with Crippen molar-refractivity contribution in [1.29, 1.82) is 0 Å². The largest absolute Gasteiger partial charge is 0.457 e. The SMILES string of the molecule is Cc1ccc(-c2ccc(C=Cc3cc(C(F)(F)F)[nH]c(=O)n3)o2)cc1Cl. The van der Waals surface area contributed by atoms with Crippen LogP contribution in [0.2, 0.25) is 5.02 Å². The van der Waals surface area contributed by atoms with Crippen LogP contribution in [0.3, 0.4) is 0 Å². The fraction of sp³-hybridized carbons (Fsp3) is 0.111. The summed E-state index contributed by atoms with van der Waals surface area (Å²) >= 11 is 6.09. The second-order valence-electron chi connectivity index (χ2n) is 5.52. The molecule has 4 nitrogen and oxygen atoms in total. The van der Waals surface area contributed by atoms with Crippen molar-refractivity contribution in [1.82, 2.24) is 9.97 Å². The van der Waals surface area contributed by atoms with Gasteiger partial charge in [0.05, 0.1) is 5.69 Å². The van der Waals surface area contributed by atoms with Crippen molar-refractivity contribution in [2.45, 2.75) is 13.1 Å². The van der Waals surface area contributed by atoms with Crippen LogP contribution in [0.15, 0.2) is 45.6 Å². The molecule has 1 aromatic carbocycles. The molecule has 0 atom stereocenters. The summed E-state index contributed by atoms with van der Waals surface area (Å²) in [5.41, 5.74) is -0.658. The third kappa shape index (κ3) is 4.05. The number of benzene rings is 1. The Kier molecular flexibility index (Phi) is 4.73. The summed E-state index contributed by atoms with van der Waals surface area (Å²) in [7, 11) is 0. The van der Waals surface area contributed by atoms with Gasteiger partial charge < -0.3 is 9.40 Å². The lowest BCUT2D eigenvalue weighted by Gasteiger charge is -2.05. The summed E-state index contributed by atoms with van der Waals surface area (Å²) in [5.74, 6) is 0.953. The van der Waals surface area contributed by atoms with Gasteiger partial charge in [-0.25, -0.2) is 4.79 Å². The van der Waals surface area contributed by atoms with Crippen LogP contribution in [-0.2, 0) is 6.18 Å². The molecule has 0 fully saturated rings. The van der Waals surface area contributed by atoms with E-state index in [1.807, 2.05) is 19.1 Å². The maximum Gasteiger partial charge on any atom is 0.431 e. The van der Waals surface area contributed by atoms with E-state index >= 15 is 0 Å². The summed E-state index contributed by atoms with van der Waals surface area (Å²) in [6.07, 6.45) is -1.95. The van der Waals surface area contributed by atoms with Crippen molar-refractivity contribution >= 4 is 23.8 Å². The van der Waals surface area contributed by atoms with E-state index in [4.69, 9.17) is 16.0 Å².